The van der Waals surface area contributed by atoms with E-state index in [1.54, 1.807) is 11.3 Å². The highest BCUT2D eigenvalue weighted by atomic mass is 32.1. The lowest BCUT2D eigenvalue weighted by atomic mass is 10.1. The number of hydrogen-bond acceptors (Lipinski definition) is 3. The van der Waals surface area contributed by atoms with Crippen molar-refractivity contribution in [3.8, 4) is 10.6 Å². The molecule has 3 nitrogen and oxygen atoms in total. The van der Waals surface area contributed by atoms with Crippen LogP contribution in [0.4, 0.5) is 0 Å². The highest BCUT2D eigenvalue weighted by Crippen LogP contribution is 2.30. The number of nitrogens with one attached hydrogen (secondary N) is 1. The van der Waals surface area contributed by atoms with Crippen molar-refractivity contribution in [3.63, 3.8) is 0 Å². The quantitative estimate of drug-likeness (QED) is 0.796. The number of thiophene rings is 1. The van der Waals surface area contributed by atoms with Crippen molar-refractivity contribution in [2.24, 2.45) is 0 Å². The van der Waals surface area contributed by atoms with Crippen LogP contribution in [0.15, 0.2) is 17.5 Å². The second-order valence-electron chi connectivity index (χ2n) is 3.99. The summed E-state index contributed by atoms with van der Waals surface area (Å²) in [6, 6.07) is 4.21. The van der Waals surface area contributed by atoms with Gasteiger partial charge < -0.3 is 4.90 Å². The second-order valence-corrected chi connectivity index (χ2v) is 4.94. The molecule has 0 spiro atoms. The lowest BCUT2D eigenvalue weighted by Gasteiger charge is -2.22. The van der Waals surface area contributed by atoms with Crippen molar-refractivity contribution < 1.29 is 0 Å². The zero-order valence-electron chi connectivity index (χ0n) is 8.66. The standard InChI is InChI=1S/C11H13N3S/c1-14-5-4-9-8(7-14)11(13-12-9)10-3-2-6-15-10/h2-3,6H,4-5,7H2,1H3,(H,12,13). The predicted molar refractivity (Wildman–Crippen MR) is 61.9 cm³/mol. The Morgan fingerprint density at radius 1 is 1.53 bits per heavy atom. The van der Waals surface area contributed by atoms with Gasteiger partial charge in [0.2, 0.25) is 0 Å². The van der Waals surface area contributed by atoms with E-state index >= 15 is 0 Å². The fourth-order valence-electron chi connectivity index (χ4n) is 2.05. The summed E-state index contributed by atoms with van der Waals surface area (Å²) in [6.45, 7) is 2.14. The average Bonchev–Trinajstić information content (AvgIpc) is 2.83. The average molecular weight is 219 g/mol. The molecular weight excluding hydrogens is 206 g/mol. The fraction of sp³-hybridized carbons (Fsp3) is 0.364. The summed E-state index contributed by atoms with van der Waals surface area (Å²) in [4.78, 5) is 3.61. The van der Waals surface area contributed by atoms with E-state index in [0.717, 1.165) is 25.2 Å². The van der Waals surface area contributed by atoms with E-state index in [0.29, 0.717) is 0 Å². The van der Waals surface area contributed by atoms with Gasteiger partial charge in [0.1, 0.15) is 5.69 Å². The van der Waals surface area contributed by atoms with Crippen molar-refractivity contribution in [1.29, 1.82) is 0 Å². The molecule has 3 heterocycles. The molecule has 0 aliphatic carbocycles. The van der Waals surface area contributed by atoms with E-state index in [2.05, 4.69) is 39.7 Å². The van der Waals surface area contributed by atoms with Gasteiger partial charge in [0.05, 0.1) is 4.88 Å². The summed E-state index contributed by atoms with van der Waals surface area (Å²) < 4.78 is 0. The summed E-state index contributed by atoms with van der Waals surface area (Å²) in [6.07, 6.45) is 1.09. The lowest BCUT2D eigenvalue weighted by Crippen LogP contribution is -2.26. The smallest absolute Gasteiger partial charge is 0.107 e. The Kier molecular flexibility index (Phi) is 2.11. The summed E-state index contributed by atoms with van der Waals surface area (Å²) >= 11 is 1.75. The number of rotatable bonds is 1. The SMILES string of the molecule is CN1CCc2[nH]nc(-c3cccs3)c2C1. The minimum absolute atomic E-state index is 1.01. The monoisotopic (exact) mass is 219 g/mol. The number of likely N-dealkylation sites (N-methyl/N-ethyl adjacent to an activating group) is 1. The van der Waals surface area contributed by atoms with Gasteiger partial charge in [0.15, 0.2) is 0 Å². The van der Waals surface area contributed by atoms with E-state index in [1.807, 2.05) is 0 Å². The molecule has 2 aromatic rings. The second kappa shape index (κ2) is 3.47. The number of H-pyrrole nitrogens is 1. The molecule has 1 aliphatic rings. The van der Waals surface area contributed by atoms with Gasteiger partial charge in [-0.2, -0.15) is 5.10 Å². The van der Waals surface area contributed by atoms with E-state index in [-0.39, 0.29) is 0 Å². The molecule has 0 saturated heterocycles. The van der Waals surface area contributed by atoms with Crippen LogP contribution in [-0.2, 0) is 13.0 Å². The van der Waals surface area contributed by atoms with Gasteiger partial charge in [-0.15, -0.1) is 11.3 Å². The minimum atomic E-state index is 1.01. The Hall–Kier alpha value is -1.13. The van der Waals surface area contributed by atoms with E-state index in [1.165, 1.54) is 16.1 Å². The molecule has 15 heavy (non-hydrogen) atoms. The first-order valence-electron chi connectivity index (χ1n) is 5.13. The molecule has 0 bridgehead atoms. The Morgan fingerprint density at radius 3 is 3.27 bits per heavy atom. The molecule has 0 unspecified atom stereocenters. The normalized spacial score (nSPS) is 16.6. The first kappa shape index (κ1) is 9.12. The van der Waals surface area contributed by atoms with Crippen molar-refractivity contribution >= 4 is 11.3 Å². The number of nitrogens with zero attached hydrogens (tertiary/aromatic N) is 2. The molecule has 0 saturated carbocycles. The van der Waals surface area contributed by atoms with Crippen LogP contribution in [0.5, 0.6) is 0 Å². The third-order valence-electron chi connectivity index (χ3n) is 2.88. The minimum Gasteiger partial charge on any atom is -0.302 e. The van der Waals surface area contributed by atoms with Crippen LogP contribution >= 0.6 is 11.3 Å². The molecule has 0 aromatic carbocycles. The summed E-state index contributed by atoms with van der Waals surface area (Å²) in [5.41, 5.74) is 3.84. The maximum Gasteiger partial charge on any atom is 0.107 e. The third kappa shape index (κ3) is 1.50. The fourth-order valence-corrected chi connectivity index (χ4v) is 2.79. The molecule has 0 fully saturated rings. The van der Waals surface area contributed by atoms with Gasteiger partial charge in [0, 0.05) is 30.8 Å². The first-order chi connectivity index (χ1) is 7.34. The molecule has 3 rings (SSSR count). The molecule has 1 aliphatic heterocycles. The summed E-state index contributed by atoms with van der Waals surface area (Å²) in [5.74, 6) is 0. The van der Waals surface area contributed by atoms with Crippen molar-refractivity contribution in [1.82, 2.24) is 15.1 Å². The highest BCUT2D eigenvalue weighted by Gasteiger charge is 2.20. The maximum atomic E-state index is 4.43. The zero-order chi connectivity index (χ0) is 10.3. The third-order valence-corrected chi connectivity index (χ3v) is 3.76. The van der Waals surface area contributed by atoms with Gasteiger partial charge in [-0.05, 0) is 18.5 Å². The molecule has 0 amide bonds. The first-order valence-corrected chi connectivity index (χ1v) is 6.01. The van der Waals surface area contributed by atoms with Crippen LogP contribution in [0.1, 0.15) is 11.3 Å². The number of aromatic nitrogens is 2. The topological polar surface area (TPSA) is 31.9 Å². The van der Waals surface area contributed by atoms with E-state index in [9.17, 15) is 0 Å². The number of aromatic amines is 1. The number of hydrogen-bond donors (Lipinski definition) is 1. The van der Waals surface area contributed by atoms with Crippen molar-refractivity contribution in [3.05, 3.63) is 28.8 Å². The largest absolute Gasteiger partial charge is 0.302 e. The highest BCUT2D eigenvalue weighted by molar-refractivity contribution is 7.13. The van der Waals surface area contributed by atoms with Crippen LogP contribution < -0.4 is 0 Å². The number of fused-ring (bicyclic) bond motifs is 1. The summed E-state index contributed by atoms with van der Waals surface area (Å²) in [7, 11) is 2.16. The lowest BCUT2D eigenvalue weighted by molar-refractivity contribution is 0.312. The molecule has 0 atom stereocenters. The predicted octanol–water partition coefficient (Wildman–Crippen LogP) is 2.13. The Morgan fingerprint density at radius 2 is 2.47 bits per heavy atom. The Labute approximate surface area is 92.7 Å². The van der Waals surface area contributed by atoms with Crippen molar-refractivity contribution in [2.75, 3.05) is 13.6 Å². The van der Waals surface area contributed by atoms with Gasteiger partial charge in [-0.25, -0.2) is 0 Å². The molecule has 2 aromatic heterocycles. The van der Waals surface area contributed by atoms with Crippen LogP contribution in [0.2, 0.25) is 0 Å². The van der Waals surface area contributed by atoms with Crippen LogP contribution in [0, 0.1) is 0 Å². The van der Waals surface area contributed by atoms with E-state index < -0.39 is 0 Å². The van der Waals surface area contributed by atoms with Gasteiger partial charge >= 0.3 is 0 Å². The van der Waals surface area contributed by atoms with Crippen LogP contribution in [0.25, 0.3) is 10.6 Å². The molecule has 4 heteroatoms. The van der Waals surface area contributed by atoms with Gasteiger partial charge in [-0.3, -0.25) is 5.10 Å². The molecule has 1 N–H and O–H groups in total. The Bertz CT molecular complexity index is 458. The van der Waals surface area contributed by atoms with Crippen LogP contribution in [-0.4, -0.2) is 28.7 Å². The van der Waals surface area contributed by atoms with Crippen LogP contribution in [0.3, 0.4) is 0 Å². The Balaban J connectivity index is 2.07. The maximum absolute atomic E-state index is 4.43. The van der Waals surface area contributed by atoms with Crippen molar-refractivity contribution in [2.45, 2.75) is 13.0 Å². The summed E-state index contributed by atoms with van der Waals surface area (Å²) in [5, 5.41) is 9.70. The van der Waals surface area contributed by atoms with Gasteiger partial charge in [-0.1, -0.05) is 6.07 Å². The molecular formula is C11H13N3S. The zero-order valence-corrected chi connectivity index (χ0v) is 9.47. The molecule has 0 radical (unpaired) electrons. The molecule has 78 valence electrons. The van der Waals surface area contributed by atoms with E-state index in [4.69, 9.17) is 0 Å². The van der Waals surface area contributed by atoms with Gasteiger partial charge in [0.25, 0.3) is 0 Å².